The maximum atomic E-state index is 10.8. The number of rotatable bonds is 1. The summed E-state index contributed by atoms with van der Waals surface area (Å²) in [4.78, 5) is 22.1. The summed E-state index contributed by atoms with van der Waals surface area (Å²) in [6, 6.07) is 3.44. The molecule has 0 N–H and O–H groups in total. The normalized spacial score (nSPS) is 8.42. The van der Waals surface area contributed by atoms with Crippen LogP contribution in [0, 0.1) is 11.8 Å². The maximum Gasteiger partial charge on any atom is 0.193 e. The molecule has 1 aromatic heterocycles. The summed E-state index contributed by atoms with van der Waals surface area (Å²) in [6.07, 6.45) is 0.535. The molecule has 0 unspecified atom stereocenters. The molecule has 0 saturated heterocycles. The van der Waals surface area contributed by atoms with Crippen LogP contribution in [0.1, 0.15) is 21.5 Å². The molecule has 0 aliphatic heterocycles. The van der Waals surface area contributed by atoms with E-state index in [1.165, 1.54) is 18.3 Å². The Balaban J connectivity index is 2.91. The summed E-state index contributed by atoms with van der Waals surface area (Å²) in [7, 11) is 0. The van der Waals surface area contributed by atoms with Gasteiger partial charge in [-0.1, -0.05) is 0 Å². The molecule has 2 nitrogen and oxygen atoms in total. The summed E-state index contributed by atoms with van der Waals surface area (Å²) in [5, 5.41) is 0. The van der Waals surface area contributed by atoms with Crippen molar-refractivity contribution >= 4 is 23.4 Å². The van der Waals surface area contributed by atoms with Gasteiger partial charge in [-0.25, -0.2) is 0 Å². The number of hydrogen-bond acceptors (Lipinski definition) is 3. The van der Waals surface area contributed by atoms with Crippen molar-refractivity contribution in [2.75, 3.05) is 0 Å². The molecular weight excluding hydrogens is 172 g/mol. The number of carbonyl (C=O) groups is 2. The fourth-order valence-corrected chi connectivity index (χ4v) is 1.46. The van der Waals surface area contributed by atoms with E-state index in [0.717, 1.165) is 4.88 Å². The smallest absolute Gasteiger partial charge is 0.193 e. The highest BCUT2D eigenvalue weighted by Crippen LogP contribution is 2.15. The number of carbonyl (C=O) groups excluding carboxylic acids is 2. The second kappa shape index (κ2) is 3.84. The Morgan fingerprint density at radius 2 is 2.33 bits per heavy atom. The van der Waals surface area contributed by atoms with Crippen LogP contribution in [0.5, 0.6) is 0 Å². The molecule has 0 fully saturated rings. The van der Waals surface area contributed by atoms with Gasteiger partial charge in [0.2, 0.25) is 0 Å². The van der Waals surface area contributed by atoms with Gasteiger partial charge in [0.25, 0.3) is 0 Å². The van der Waals surface area contributed by atoms with Crippen LogP contribution < -0.4 is 0 Å². The molecule has 0 spiro atoms. The van der Waals surface area contributed by atoms with E-state index in [1.54, 1.807) is 12.1 Å². The Bertz CT molecular complexity index is 365. The first-order valence-corrected chi connectivity index (χ1v) is 4.11. The van der Waals surface area contributed by atoms with Crippen LogP contribution in [0.25, 0.3) is 0 Å². The molecule has 3 heteroatoms. The maximum absolute atomic E-state index is 10.8. The van der Waals surface area contributed by atoms with Crippen LogP contribution in [-0.4, -0.2) is 12.1 Å². The molecule has 0 aliphatic rings. The Hall–Kier alpha value is -1.40. The Morgan fingerprint density at radius 3 is 2.83 bits per heavy atom. The second-order valence-corrected chi connectivity index (χ2v) is 3.19. The fraction of sp³-hybridized carbons (Fsp3) is 0.111. The average molecular weight is 178 g/mol. The fourth-order valence-electron chi connectivity index (χ4n) is 0.695. The third-order valence-electron chi connectivity index (χ3n) is 1.21. The third kappa shape index (κ3) is 2.04. The molecule has 1 heterocycles. The van der Waals surface area contributed by atoms with E-state index >= 15 is 0 Å². The molecule has 1 rings (SSSR count). The summed E-state index contributed by atoms with van der Waals surface area (Å²) in [6.45, 7) is 1.50. The van der Waals surface area contributed by atoms with Crippen molar-refractivity contribution in [3.8, 4) is 11.8 Å². The van der Waals surface area contributed by atoms with Gasteiger partial charge in [0.1, 0.15) is 0 Å². The van der Waals surface area contributed by atoms with Crippen LogP contribution >= 0.6 is 11.3 Å². The zero-order chi connectivity index (χ0) is 8.97. The summed E-state index contributed by atoms with van der Waals surface area (Å²) >= 11 is 1.30. The lowest BCUT2D eigenvalue weighted by Gasteiger charge is -1.81. The molecular formula is C9H6O2S. The minimum Gasteiger partial charge on any atom is -0.294 e. The molecule has 0 amide bonds. The molecule has 0 aromatic carbocycles. The van der Waals surface area contributed by atoms with Crippen molar-refractivity contribution in [1.82, 2.24) is 0 Å². The third-order valence-corrected chi connectivity index (χ3v) is 2.31. The van der Waals surface area contributed by atoms with Gasteiger partial charge in [-0.15, -0.1) is 11.3 Å². The number of Topliss-reactive ketones (excluding diaryl/α,β-unsaturated/α-hetero) is 1. The van der Waals surface area contributed by atoms with Crippen LogP contribution in [0.2, 0.25) is 0 Å². The molecule has 60 valence electrons. The van der Waals surface area contributed by atoms with Crippen LogP contribution in [-0.2, 0) is 4.79 Å². The first-order chi connectivity index (χ1) is 5.74. The lowest BCUT2D eigenvalue weighted by atomic mass is 10.3. The van der Waals surface area contributed by atoms with Gasteiger partial charge < -0.3 is 0 Å². The zero-order valence-corrected chi connectivity index (χ0v) is 7.27. The highest BCUT2D eigenvalue weighted by molar-refractivity contribution is 7.14. The van der Waals surface area contributed by atoms with Crippen LogP contribution in [0.4, 0.5) is 0 Å². The number of hydrogen-bond donors (Lipinski definition) is 0. The van der Waals surface area contributed by atoms with E-state index in [9.17, 15) is 9.59 Å². The van der Waals surface area contributed by atoms with Crippen molar-refractivity contribution < 1.29 is 9.59 Å². The molecule has 1 aromatic rings. The zero-order valence-electron chi connectivity index (χ0n) is 6.46. The predicted octanol–water partition coefficient (Wildman–Crippen LogP) is 1.50. The van der Waals surface area contributed by atoms with E-state index in [2.05, 4.69) is 11.8 Å². The van der Waals surface area contributed by atoms with E-state index in [0.29, 0.717) is 11.2 Å². The number of thiophene rings is 1. The van der Waals surface area contributed by atoms with Crippen molar-refractivity contribution in [3.05, 3.63) is 21.9 Å². The molecule has 0 bridgehead atoms. The predicted molar refractivity (Wildman–Crippen MR) is 47.3 cm³/mol. The molecule has 0 atom stereocenters. The van der Waals surface area contributed by atoms with Crippen LogP contribution in [0.15, 0.2) is 12.1 Å². The Kier molecular flexibility index (Phi) is 2.78. The van der Waals surface area contributed by atoms with Crippen LogP contribution in [0.3, 0.4) is 0 Å². The highest BCUT2D eigenvalue weighted by Gasteiger charge is 2.01. The monoisotopic (exact) mass is 178 g/mol. The van der Waals surface area contributed by atoms with Gasteiger partial charge in [-0.2, -0.15) is 0 Å². The molecule has 0 aliphatic carbocycles. The standard InChI is InChI=1S/C9H6O2S/c1-7(11)9-5-4-8(12-9)3-2-6-10/h4-6H,1H3. The van der Waals surface area contributed by atoms with Crippen molar-refractivity contribution in [1.29, 1.82) is 0 Å². The first-order valence-electron chi connectivity index (χ1n) is 3.30. The average Bonchev–Trinajstić information content (AvgIpc) is 2.48. The highest BCUT2D eigenvalue weighted by atomic mass is 32.1. The largest absolute Gasteiger partial charge is 0.294 e. The minimum atomic E-state index is 0.0270. The second-order valence-electron chi connectivity index (χ2n) is 2.11. The van der Waals surface area contributed by atoms with Gasteiger partial charge in [0, 0.05) is 0 Å². The summed E-state index contributed by atoms with van der Waals surface area (Å²) in [5.41, 5.74) is 0. The van der Waals surface area contributed by atoms with Crippen molar-refractivity contribution in [2.24, 2.45) is 0 Å². The van der Waals surface area contributed by atoms with Gasteiger partial charge in [-0.05, 0) is 30.9 Å². The summed E-state index contributed by atoms with van der Waals surface area (Å²) in [5.74, 6) is 4.93. The van der Waals surface area contributed by atoms with Crippen molar-refractivity contribution in [2.45, 2.75) is 6.92 Å². The Labute approximate surface area is 74.2 Å². The minimum absolute atomic E-state index is 0.0270. The van der Waals surface area contributed by atoms with E-state index in [1.807, 2.05) is 0 Å². The molecule has 12 heavy (non-hydrogen) atoms. The Morgan fingerprint density at radius 1 is 1.58 bits per heavy atom. The lowest BCUT2D eigenvalue weighted by molar-refractivity contribution is -0.103. The van der Waals surface area contributed by atoms with E-state index < -0.39 is 0 Å². The van der Waals surface area contributed by atoms with E-state index in [4.69, 9.17) is 0 Å². The van der Waals surface area contributed by atoms with E-state index in [-0.39, 0.29) is 5.78 Å². The first kappa shape index (κ1) is 8.69. The van der Waals surface area contributed by atoms with Gasteiger partial charge in [0.15, 0.2) is 12.1 Å². The SMILES string of the molecule is CC(=O)c1ccc(C#CC=O)s1. The summed E-state index contributed by atoms with van der Waals surface area (Å²) < 4.78 is 0. The number of aldehydes is 1. The molecule has 0 saturated carbocycles. The van der Waals surface area contributed by atoms with Gasteiger partial charge in [0.05, 0.1) is 9.75 Å². The quantitative estimate of drug-likeness (QED) is 0.371. The topological polar surface area (TPSA) is 34.1 Å². The molecule has 0 radical (unpaired) electrons. The van der Waals surface area contributed by atoms with Gasteiger partial charge in [-0.3, -0.25) is 9.59 Å². The lowest BCUT2D eigenvalue weighted by Crippen LogP contribution is -1.83. The van der Waals surface area contributed by atoms with Gasteiger partial charge >= 0.3 is 0 Å². The number of ketones is 1. The van der Waals surface area contributed by atoms with Crippen molar-refractivity contribution in [3.63, 3.8) is 0 Å².